The minimum Gasteiger partial charge on any atom is -0.369 e. The first kappa shape index (κ1) is 20.4. The molecule has 156 valence electrons. The summed E-state index contributed by atoms with van der Waals surface area (Å²) in [7, 11) is 0. The van der Waals surface area contributed by atoms with E-state index < -0.39 is 0 Å². The van der Waals surface area contributed by atoms with Crippen LogP contribution in [0.15, 0.2) is 48.9 Å². The van der Waals surface area contributed by atoms with Crippen LogP contribution < -0.4 is 5.32 Å². The number of hydrogen-bond acceptors (Lipinski definition) is 7. The lowest BCUT2D eigenvalue weighted by Crippen LogP contribution is -2.38. The van der Waals surface area contributed by atoms with E-state index in [1.54, 1.807) is 0 Å². The summed E-state index contributed by atoms with van der Waals surface area (Å²) in [5, 5.41) is 3.29. The van der Waals surface area contributed by atoms with Gasteiger partial charge in [0, 0.05) is 49.2 Å². The molecular weight excluding hydrogens is 376 g/mol. The van der Waals surface area contributed by atoms with Crippen LogP contribution in [0.4, 0.5) is 11.5 Å². The fraction of sp³-hybridized carbons (Fsp3) is 0.391. The van der Waals surface area contributed by atoms with Crippen molar-refractivity contribution in [3.05, 3.63) is 71.7 Å². The van der Waals surface area contributed by atoms with Crippen LogP contribution in [-0.2, 0) is 11.3 Å². The van der Waals surface area contributed by atoms with E-state index in [2.05, 4.69) is 44.0 Å². The molecule has 0 radical (unpaired) electrons. The molecule has 0 aliphatic carbocycles. The van der Waals surface area contributed by atoms with Gasteiger partial charge in [-0.1, -0.05) is 19.9 Å². The number of hydrogen-bond donors (Lipinski definition) is 1. The summed E-state index contributed by atoms with van der Waals surface area (Å²) in [6, 6.07) is 9.95. The average molecular weight is 405 g/mol. The topological polar surface area (TPSA) is 76.1 Å². The molecule has 1 saturated heterocycles. The SMILES string of the molecule is Cc1cccc(Nc2ccc([C@@H]3CN(Cc4cnc(C(C)C)nc4)CCO3)nc2)n1. The highest BCUT2D eigenvalue weighted by Gasteiger charge is 2.23. The van der Waals surface area contributed by atoms with Gasteiger partial charge in [-0.05, 0) is 31.2 Å². The lowest BCUT2D eigenvalue weighted by molar-refractivity contribution is -0.0350. The lowest BCUT2D eigenvalue weighted by Gasteiger charge is -2.32. The fourth-order valence-corrected chi connectivity index (χ4v) is 3.46. The lowest BCUT2D eigenvalue weighted by atomic mass is 10.1. The molecule has 3 aromatic heterocycles. The molecule has 7 nitrogen and oxygen atoms in total. The van der Waals surface area contributed by atoms with E-state index >= 15 is 0 Å². The number of anilines is 2. The molecule has 0 bridgehead atoms. The maximum Gasteiger partial charge on any atom is 0.130 e. The van der Waals surface area contributed by atoms with Gasteiger partial charge in [-0.25, -0.2) is 15.0 Å². The van der Waals surface area contributed by atoms with Crippen LogP contribution in [-0.4, -0.2) is 44.5 Å². The third-order valence-electron chi connectivity index (χ3n) is 5.08. The fourth-order valence-electron chi connectivity index (χ4n) is 3.46. The van der Waals surface area contributed by atoms with E-state index in [9.17, 15) is 0 Å². The van der Waals surface area contributed by atoms with Crippen LogP contribution in [0, 0.1) is 6.92 Å². The minimum absolute atomic E-state index is 0.0410. The number of morpholine rings is 1. The molecule has 0 spiro atoms. The Kier molecular flexibility index (Phi) is 6.30. The van der Waals surface area contributed by atoms with E-state index in [-0.39, 0.29) is 6.10 Å². The van der Waals surface area contributed by atoms with E-state index in [1.807, 2.05) is 55.8 Å². The molecule has 1 fully saturated rings. The molecule has 4 heterocycles. The number of rotatable bonds is 6. The maximum absolute atomic E-state index is 5.99. The van der Waals surface area contributed by atoms with Gasteiger partial charge in [0.05, 0.1) is 24.2 Å². The Morgan fingerprint density at radius 1 is 1.10 bits per heavy atom. The molecule has 1 aliphatic rings. The summed E-state index contributed by atoms with van der Waals surface area (Å²) in [6.07, 6.45) is 5.66. The second-order valence-corrected chi connectivity index (χ2v) is 7.96. The Bertz CT molecular complexity index is 958. The van der Waals surface area contributed by atoms with Crippen molar-refractivity contribution in [2.45, 2.75) is 39.3 Å². The third-order valence-corrected chi connectivity index (χ3v) is 5.08. The Morgan fingerprint density at radius 2 is 1.93 bits per heavy atom. The number of ether oxygens (including phenoxy) is 1. The van der Waals surface area contributed by atoms with E-state index in [0.717, 1.165) is 53.9 Å². The summed E-state index contributed by atoms with van der Waals surface area (Å²) in [6.45, 7) is 9.37. The van der Waals surface area contributed by atoms with Gasteiger partial charge in [-0.3, -0.25) is 9.88 Å². The predicted octanol–water partition coefficient (Wildman–Crippen LogP) is 4.02. The van der Waals surface area contributed by atoms with Crippen molar-refractivity contribution in [2.75, 3.05) is 25.0 Å². The molecule has 0 unspecified atom stereocenters. The Labute approximate surface area is 177 Å². The number of nitrogens with zero attached hydrogens (tertiary/aromatic N) is 5. The van der Waals surface area contributed by atoms with E-state index in [0.29, 0.717) is 12.5 Å². The van der Waals surface area contributed by atoms with Crippen molar-refractivity contribution in [1.29, 1.82) is 0 Å². The first-order valence-electron chi connectivity index (χ1n) is 10.4. The summed E-state index contributed by atoms with van der Waals surface area (Å²) >= 11 is 0. The van der Waals surface area contributed by atoms with Gasteiger partial charge < -0.3 is 10.1 Å². The first-order chi connectivity index (χ1) is 14.6. The zero-order valence-corrected chi connectivity index (χ0v) is 17.7. The molecule has 3 aromatic rings. The van der Waals surface area contributed by atoms with Gasteiger partial charge in [0.25, 0.3) is 0 Å². The van der Waals surface area contributed by atoms with E-state index in [4.69, 9.17) is 4.74 Å². The normalized spacial score (nSPS) is 17.3. The summed E-state index contributed by atoms with van der Waals surface area (Å²) in [4.78, 5) is 20.4. The van der Waals surface area contributed by atoms with Crippen LogP contribution in [0.3, 0.4) is 0 Å². The monoisotopic (exact) mass is 404 g/mol. The highest BCUT2D eigenvalue weighted by molar-refractivity contribution is 5.54. The first-order valence-corrected chi connectivity index (χ1v) is 10.4. The minimum atomic E-state index is -0.0410. The van der Waals surface area contributed by atoms with Crippen molar-refractivity contribution in [1.82, 2.24) is 24.8 Å². The van der Waals surface area contributed by atoms with Crippen LogP contribution in [0.5, 0.6) is 0 Å². The standard InChI is InChI=1S/C23H28N6O/c1-16(2)23-25-11-18(12-26-23)14-29-9-10-30-21(15-29)20-8-7-19(13-24-20)28-22-6-4-5-17(3)27-22/h4-8,11-13,16,21H,9-10,14-15H2,1-3H3,(H,27,28)/t21-/m0/s1. The van der Waals surface area contributed by atoms with Gasteiger partial charge in [0.2, 0.25) is 0 Å². The summed E-state index contributed by atoms with van der Waals surface area (Å²) in [5.74, 6) is 2.05. The van der Waals surface area contributed by atoms with Crippen molar-refractivity contribution in [3.8, 4) is 0 Å². The van der Waals surface area contributed by atoms with E-state index in [1.165, 1.54) is 0 Å². The maximum atomic E-state index is 5.99. The molecule has 7 heteroatoms. The summed E-state index contributed by atoms with van der Waals surface area (Å²) < 4.78 is 5.99. The molecule has 0 aromatic carbocycles. The average Bonchev–Trinajstić information content (AvgIpc) is 2.75. The molecular formula is C23H28N6O. The van der Waals surface area contributed by atoms with Gasteiger partial charge in [0.15, 0.2) is 0 Å². The zero-order valence-electron chi connectivity index (χ0n) is 17.7. The Hall–Kier alpha value is -2.90. The summed E-state index contributed by atoms with van der Waals surface area (Å²) in [5.41, 5.74) is 3.95. The van der Waals surface area contributed by atoms with Gasteiger partial charge >= 0.3 is 0 Å². The smallest absolute Gasteiger partial charge is 0.130 e. The molecule has 0 amide bonds. The number of aryl methyl sites for hydroxylation is 1. The number of pyridine rings is 2. The largest absolute Gasteiger partial charge is 0.369 e. The second kappa shape index (κ2) is 9.28. The predicted molar refractivity (Wildman–Crippen MR) is 117 cm³/mol. The second-order valence-electron chi connectivity index (χ2n) is 7.96. The van der Waals surface area contributed by atoms with Crippen molar-refractivity contribution < 1.29 is 4.74 Å². The molecule has 1 atom stereocenters. The van der Waals surface area contributed by atoms with Gasteiger partial charge in [0.1, 0.15) is 17.7 Å². The third kappa shape index (κ3) is 5.17. The number of nitrogens with one attached hydrogen (secondary N) is 1. The van der Waals surface area contributed by atoms with Crippen molar-refractivity contribution >= 4 is 11.5 Å². The van der Waals surface area contributed by atoms with Crippen molar-refractivity contribution in [2.24, 2.45) is 0 Å². The molecule has 1 N–H and O–H groups in total. The molecule has 0 saturated carbocycles. The van der Waals surface area contributed by atoms with Crippen LogP contribution >= 0.6 is 0 Å². The molecule has 1 aliphatic heterocycles. The van der Waals surface area contributed by atoms with Gasteiger partial charge in [-0.15, -0.1) is 0 Å². The highest BCUT2D eigenvalue weighted by Crippen LogP contribution is 2.23. The van der Waals surface area contributed by atoms with Gasteiger partial charge in [-0.2, -0.15) is 0 Å². The van der Waals surface area contributed by atoms with Crippen molar-refractivity contribution in [3.63, 3.8) is 0 Å². The van der Waals surface area contributed by atoms with Crippen LogP contribution in [0.25, 0.3) is 0 Å². The number of aromatic nitrogens is 4. The van der Waals surface area contributed by atoms with Crippen LogP contribution in [0.1, 0.15) is 48.6 Å². The Morgan fingerprint density at radius 3 is 2.63 bits per heavy atom. The Balaban J connectivity index is 1.36. The molecule has 30 heavy (non-hydrogen) atoms. The highest BCUT2D eigenvalue weighted by atomic mass is 16.5. The molecule has 4 rings (SSSR count). The zero-order chi connectivity index (χ0) is 20.9. The quantitative estimate of drug-likeness (QED) is 0.665. The van der Waals surface area contributed by atoms with Crippen LogP contribution in [0.2, 0.25) is 0 Å².